The molecule has 6 heteroatoms. The molecule has 0 aliphatic carbocycles. The second-order valence-electron chi connectivity index (χ2n) is 6.43. The summed E-state index contributed by atoms with van der Waals surface area (Å²) in [5.41, 5.74) is 5.28. The normalized spacial score (nSPS) is 12.3. The van der Waals surface area contributed by atoms with Gasteiger partial charge in [0.25, 0.3) is 5.91 Å². The number of amides is 1. The van der Waals surface area contributed by atoms with Gasteiger partial charge in [-0.1, -0.05) is 0 Å². The Morgan fingerprint density at radius 1 is 1.26 bits per heavy atom. The minimum Gasteiger partial charge on any atom is -0.508 e. The van der Waals surface area contributed by atoms with Crippen LogP contribution in [0, 0.1) is 6.92 Å². The van der Waals surface area contributed by atoms with Gasteiger partial charge in [0, 0.05) is 17.3 Å². The van der Waals surface area contributed by atoms with E-state index in [4.69, 9.17) is 0 Å². The van der Waals surface area contributed by atoms with Crippen molar-refractivity contribution in [2.75, 3.05) is 0 Å². The summed E-state index contributed by atoms with van der Waals surface area (Å²) >= 11 is 0. The monoisotopic (exact) mass is 314 g/mol. The maximum atomic E-state index is 12.0. The number of aryl methyl sites for hydroxylation is 1. The molecule has 0 bridgehead atoms. The minimum absolute atomic E-state index is 0.113. The van der Waals surface area contributed by atoms with Crippen molar-refractivity contribution in [1.82, 2.24) is 15.2 Å². The van der Waals surface area contributed by atoms with Crippen molar-refractivity contribution in [1.29, 1.82) is 0 Å². The van der Waals surface area contributed by atoms with Crippen molar-refractivity contribution < 1.29 is 9.90 Å². The van der Waals surface area contributed by atoms with Crippen molar-refractivity contribution in [3.8, 4) is 5.75 Å². The van der Waals surface area contributed by atoms with Gasteiger partial charge in [-0.3, -0.25) is 9.48 Å². The van der Waals surface area contributed by atoms with Crippen LogP contribution < -0.4 is 5.43 Å². The van der Waals surface area contributed by atoms with E-state index in [0.717, 1.165) is 11.3 Å². The van der Waals surface area contributed by atoms with Crippen LogP contribution in [0.4, 0.5) is 0 Å². The first-order valence-electron chi connectivity index (χ1n) is 7.39. The van der Waals surface area contributed by atoms with Crippen LogP contribution in [0.5, 0.6) is 5.75 Å². The third-order valence-corrected chi connectivity index (χ3v) is 3.43. The Morgan fingerprint density at radius 3 is 2.39 bits per heavy atom. The second-order valence-corrected chi connectivity index (χ2v) is 6.43. The summed E-state index contributed by atoms with van der Waals surface area (Å²) in [4.78, 5) is 12.0. The molecule has 23 heavy (non-hydrogen) atoms. The number of aromatic nitrogens is 2. The van der Waals surface area contributed by atoms with Gasteiger partial charge in [-0.2, -0.15) is 10.2 Å². The third-order valence-electron chi connectivity index (χ3n) is 3.43. The molecule has 0 saturated carbocycles. The molecule has 6 nitrogen and oxygen atoms in total. The van der Waals surface area contributed by atoms with E-state index in [0.29, 0.717) is 11.3 Å². The Labute approximate surface area is 135 Å². The quantitative estimate of drug-likeness (QED) is 0.675. The number of carbonyl (C=O) groups is 1. The molecule has 1 aromatic heterocycles. The summed E-state index contributed by atoms with van der Waals surface area (Å²) in [6.45, 7) is 9.96. The highest BCUT2D eigenvalue weighted by atomic mass is 16.3. The van der Waals surface area contributed by atoms with Gasteiger partial charge in [0.1, 0.15) is 5.75 Å². The van der Waals surface area contributed by atoms with Crippen molar-refractivity contribution >= 4 is 11.6 Å². The van der Waals surface area contributed by atoms with Gasteiger partial charge < -0.3 is 5.11 Å². The molecule has 2 aromatic rings. The molecule has 0 spiro atoms. The average molecular weight is 314 g/mol. The lowest BCUT2D eigenvalue weighted by Gasteiger charge is -2.18. The lowest BCUT2D eigenvalue weighted by Crippen LogP contribution is -2.22. The molecular formula is C17H22N4O2. The highest BCUT2D eigenvalue weighted by Crippen LogP contribution is 2.16. The number of phenols is 1. The summed E-state index contributed by atoms with van der Waals surface area (Å²) in [7, 11) is 0. The maximum Gasteiger partial charge on any atom is 0.271 e. The Bertz CT molecular complexity index is 737. The first-order valence-corrected chi connectivity index (χ1v) is 7.39. The topological polar surface area (TPSA) is 79.5 Å². The number of hydrogen-bond donors (Lipinski definition) is 2. The molecule has 0 atom stereocenters. The molecule has 1 aromatic carbocycles. The molecule has 0 aliphatic heterocycles. The van der Waals surface area contributed by atoms with Gasteiger partial charge in [-0.25, -0.2) is 5.43 Å². The number of nitrogens with one attached hydrogen (secondary N) is 1. The first kappa shape index (κ1) is 16.7. The molecular weight excluding hydrogens is 292 g/mol. The lowest BCUT2D eigenvalue weighted by atomic mass is 10.1. The van der Waals surface area contributed by atoms with Gasteiger partial charge in [-0.05, 0) is 58.9 Å². The Hall–Kier alpha value is -2.63. The van der Waals surface area contributed by atoms with E-state index >= 15 is 0 Å². The van der Waals surface area contributed by atoms with E-state index in [1.54, 1.807) is 12.1 Å². The van der Waals surface area contributed by atoms with Crippen LogP contribution in [0.2, 0.25) is 0 Å². The Balaban J connectivity index is 2.15. The molecule has 0 fully saturated rings. The summed E-state index contributed by atoms with van der Waals surface area (Å²) in [6, 6.07) is 6.00. The first-order chi connectivity index (χ1) is 10.7. The summed E-state index contributed by atoms with van der Waals surface area (Å²) in [5, 5.41) is 17.9. The highest BCUT2D eigenvalue weighted by molar-refractivity contribution is 6.01. The van der Waals surface area contributed by atoms with Crippen LogP contribution in [-0.2, 0) is 5.54 Å². The predicted molar refractivity (Wildman–Crippen MR) is 89.7 cm³/mol. The number of hydrogen-bond acceptors (Lipinski definition) is 4. The van der Waals surface area contributed by atoms with Crippen LogP contribution >= 0.6 is 0 Å². The molecule has 0 saturated heterocycles. The number of aromatic hydroxyl groups is 1. The number of rotatable bonds is 3. The zero-order valence-electron chi connectivity index (χ0n) is 14.1. The summed E-state index contributed by atoms with van der Waals surface area (Å²) < 4.78 is 1.89. The molecule has 1 amide bonds. The fraction of sp³-hybridized carbons (Fsp3) is 0.353. The van der Waals surface area contributed by atoms with E-state index in [9.17, 15) is 9.90 Å². The fourth-order valence-electron chi connectivity index (χ4n) is 2.03. The number of phenolic OH excluding ortho intramolecular Hbond substituents is 1. The SMILES string of the molecule is C/C(=N\NC(=O)c1ccc(O)cc1)c1cn(C(C)(C)C)nc1C. The fourth-order valence-corrected chi connectivity index (χ4v) is 2.03. The lowest BCUT2D eigenvalue weighted by molar-refractivity contribution is 0.0955. The van der Waals surface area contributed by atoms with Crippen molar-refractivity contribution in [3.05, 3.63) is 47.3 Å². The van der Waals surface area contributed by atoms with Crippen LogP contribution in [0.3, 0.4) is 0 Å². The molecule has 2 N–H and O–H groups in total. The van der Waals surface area contributed by atoms with Gasteiger partial charge in [0.15, 0.2) is 0 Å². The van der Waals surface area contributed by atoms with Gasteiger partial charge in [0.05, 0.1) is 16.9 Å². The van der Waals surface area contributed by atoms with Gasteiger partial charge in [0.2, 0.25) is 0 Å². The van der Waals surface area contributed by atoms with Crippen LogP contribution in [0.1, 0.15) is 49.3 Å². The third kappa shape index (κ3) is 3.97. The molecule has 2 rings (SSSR count). The number of benzene rings is 1. The van der Waals surface area contributed by atoms with Crippen molar-refractivity contribution in [2.45, 2.75) is 40.2 Å². The highest BCUT2D eigenvalue weighted by Gasteiger charge is 2.17. The molecule has 0 aliphatic rings. The minimum atomic E-state index is -0.329. The Kier molecular flexibility index (Phi) is 4.54. The van der Waals surface area contributed by atoms with Crippen LogP contribution in [-0.4, -0.2) is 26.5 Å². The smallest absolute Gasteiger partial charge is 0.271 e. The molecule has 0 radical (unpaired) electrons. The molecule has 0 unspecified atom stereocenters. The number of hydrazone groups is 1. The largest absolute Gasteiger partial charge is 0.508 e. The van der Waals surface area contributed by atoms with Crippen LogP contribution in [0.15, 0.2) is 35.6 Å². The zero-order chi connectivity index (χ0) is 17.2. The van der Waals surface area contributed by atoms with E-state index in [2.05, 4.69) is 36.4 Å². The van der Waals surface area contributed by atoms with Gasteiger partial charge in [-0.15, -0.1) is 0 Å². The average Bonchev–Trinajstić information content (AvgIpc) is 2.87. The number of nitrogens with zero attached hydrogens (tertiary/aromatic N) is 3. The van der Waals surface area contributed by atoms with Gasteiger partial charge >= 0.3 is 0 Å². The molecule has 1 heterocycles. The Morgan fingerprint density at radius 2 is 1.87 bits per heavy atom. The maximum absolute atomic E-state index is 12.0. The van der Waals surface area contributed by atoms with E-state index < -0.39 is 0 Å². The summed E-state index contributed by atoms with van der Waals surface area (Å²) in [5.74, 6) is -0.211. The number of carbonyl (C=O) groups excluding carboxylic acids is 1. The van der Waals surface area contributed by atoms with Crippen molar-refractivity contribution in [2.24, 2.45) is 5.10 Å². The van der Waals surface area contributed by atoms with E-state index in [-0.39, 0.29) is 17.2 Å². The van der Waals surface area contributed by atoms with Crippen LogP contribution in [0.25, 0.3) is 0 Å². The second kappa shape index (κ2) is 6.24. The molecule has 122 valence electrons. The summed E-state index contributed by atoms with van der Waals surface area (Å²) in [6.07, 6.45) is 1.93. The van der Waals surface area contributed by atoms with E-state index in [1.165, 1.54) is 12.1 Å². The van der Waals surface area contributed by atoms with Crippen molar-refractivity contribution in [3.63, 3.8) is 0 Å². The standard InChI is InChI=1S/C17H22N4O2/c1-11(15-10-21(17(3,4)5)20-12(15)2)18-19-16(23)13-6-8-14(22)9-7-13/h6-10,22H,1-5H3,(H,19,23)/b18-11+. The zero-order valence-corrected chi connectivity index (χ0v) is 14.1. The van der Waals surface area contributed by atoms with E-state index in [1.807, 2.05) is 24.7 Å². The predicted octanol–water partition coefficient (Wildman–Crippen LogP) is 2.81.